The number of nitrogens with zero attached hydrogens (tertiary/aromatic N) is 1. The van der Waals surface area contributed by atoms with E-state index in [1.807, 2.05) is 19.1 Å². The van der Waals surface area contributed by atoms with Gasteiger partial charge in [0.15, 0.2) is 0 Å². The van der Waals surface area contributed by atoms with Crippen molar-refractivity contribution in [2.24, 2.45) is 0 Å². The first-order valence-electron chi connectivity index (χ1n) is 3.07. The normalized spacial score (nSPS) is 10.6. The molecule has 0 aromatic carbocycles. The average molecular weight is 137 g/mol. The summed E-state index contributed by atoms with van der Waals surface area (Å²) in [6.07, 6.45) is 4.88. The molecule has 0 aliphatic rings. The van der Waals surface area contributed by atoms with E-state index in [0.29, 0.717) is 0 Å². The third-order valence-corrected chi connectivity index (χ3v) is 1.09. The van der Waals surface area contributed by atoms with E-state index in [4.69, 9.17) is 0 Å². The molecule has 0 aliphatic carbocycles. The van der Waals surface area contributed by atoms with Crippen LogP contribution in [0.25, 0.3) is 6.08 Å². The molecule has 0 radical (unpaired) electrons. The fourth-order valence-corrected chi connectivity index (χ4v) is 0.657. The first-order chi connectivity index (χ1) is 4.83. The molecule has 0 fully saturated rings. The molecule has 0 saturated carbocycles. The minimum atomic E-state index is -0.298. The Hall–Kier alpha value is -1.18. The summed E-state index contributed by atoms with van der Waals surface area (Å²) in [5, 5.41) is 0. The molecule has 2 heteroatoms. The van der Waals surface area contributed by atoms with Gasteiger partial charge in [-0.1, -0.05) is 6.08 Å². The zero-order valence-electron chi connectivity index (χ0n) is 5.71. The van der Waals surface area contributed by atoms with Crippen molar-refractivity contribution < 1.29 is 4.39 Å². The third kappa shape index (κ3) is 1.65. The van der Waals surface area contributed by atoms with Gasteiger partial charge in [0.25, 0.3) is 0 Å². The van der Waals surface area contributed by atoms with Crippen LogP contribution < -0.4 is 0 Å². The van der Waals surface area contributed by atoms with E-state index in [-0.39, 0.29) is 5.82 Å². The minimum Gasteiger partial charge on any atom is -0.254 e. The van der Waals surface area contributed by atoms with Gasteiger partial charge in [-0.25, -0.2) is 4.39 Å². The third-order valence-electron chi connectivity index (χ3n) is 1.09. The van der Waals surface area contributed by atoms with Crippen LogP contribution in [0, 0.1) is 5.82 Å². The van der Waals surface area contributed by atoms with Crippen LogP contribution in [0.5, 0.6) is 0 Å². The maximum absolute atomic E-state index is 12.2. The van der Waals surface area contributed by atoms with Gasteiger partial charge < -0.3 is 0 Å². The Morgan fingerprint density at radius 1 is 1.50 bits per heavy atom. The van der Waals surface area contributed by atoms with Crippen LogP contribution in [-0.4, -0.2) is 4.98 Å². The van der Waals surface area contributed by atoms with Gasteiger partial charge in [-0.05, 0) is 25.1 Å². The zero-order chi connectivity index (χ0) is 7.40. The van der Waals surface area contributed by atoms with Gasteiger partial charge in [0.05, 0.1) is 11.9 Å². The highest BCUT2D eigenvalue weighted by Gasteiger charge is 1.87. The molecular formula is C8H8FN. The second-order valence-electron chi connectivity index (χ2n) is 1.90. The molecule has 1 nitrogen and oxygen atoms in total. The SMILES string of the molecule is CC=Cc1ccc(F)cn1. The fourth-order valence-electron chi connectivity index (χ4n) is 0.657. The zero-order valence-corrected chi connectivity index (χ0v) is 5.71. The van der Waals surface area contributed by atoms with Gasteiger partial charge in [0.1, 0.15) is 5.82 Å². The molecule has 10 heavy (non-hydrogen) atoms. The predicted molar refractivity (Wildman–Crippen MR) is 38.9 cm³/mol. The van der Waals surface area contributed by atoms with E-state index >= 15 is 0 Å². The van der Waals surface area contributed by atoms with Crippen LogP contribution in [0.3, 0.4) is 0 Å². The summed E-state index contributed by atoms with van der Waals surface area (Å²) >= 11 is 0. The highest BCUT2D eigenvalue weighted by atomic mass is 19.1. The summed E-state index contributed by atoms with van der Waals surface area (Å²) < 4.78 is 12.2. The molecular weight excluding hydrogens is 129 g/mol. The molecule has 1 aromatic heterocycles. The first kappa shape index (κ1) is 6.93. The van der Waals surface area contributed by atoms with Crippen molar-refractivity contribution in [2.75, 3.05) is 0 Å². The van der Waals surface area contributed by atoms with E-state index in [9.17, 15) is 4.39 Å². The summed E-state index contributed by atoms with van der Waals surface area (Å²) in [6.45, 7) is 1.89. The largest absolute Gasteiger partial charge is 0.254 e. The Morgan fingerprint density at radius 3 is 2.80 bits per heavy atom. The second-order valence-corrected chi connectivity index (χ2v) is 1.90. The molecule has 0 unspecified atom stereocenters. The lowest BCUT2D eigenvalue weighted by Gasteiger charge is -1.89. The summed E-state index contributed by atoms with van der Waals surface area (Å²) in [5.41, 5.74) is 0.781. The average Bonchev–Trinajstić information content (AvgIpc) is 1.95. The van der Waals surface area contributed by atoms with Crippen LogP contribution in [0.2, 0.25) is 0 Å². The number of rotatable bonds is 1. The molecule has 1 aromatic rings. The van der Waals surface area contributed by atoms with Crippen molar-refractivity contribution >= 4 is 6.08 Å². The quantitative estimate of drug-likeness (QED) is 0.578. The minimum absolute atomic E-state index is 0.298. The highest BCUT2D eigenvalue weighted by molar-refractivity contribution is 5.43. The molecule has 1 heterocycles. The topological polar surface area (TPSA) is 12.9 Å². The summed E-state index contributed by atoms with van der Waals surface area (Å²) in [7, 11) is 0. The Bertz CT molecular complexity index is 226. The number of pyridine rings is 1. The highest BCUT2D eigenvalue weighted by Crippen LogP contribution is 1.99. The number of allylic oxidation sites excluding steroid dienone is 1. The van der Waals surface area contributed by atoms with Crippen molar-refractivity contribution in [2.45, 2.75) is 6.92 Å². The van der Waals surface area contributed by atoms with Crippen LogP contribution >= 0.6 is 0 Å². The van der Waals surface area contributed by atoms with Gasteiger partial charge >= 0.3 is 0 Å². The summed E-state index contributed by atoms with van der Waals surface area (Å²) in [6, 6.07) is 3.03. The van der Waals surface area contributed by atoms with Gasteiger partial charge in [0.2, 0.25) is 0 Å². The van der Waals surface area contributed by atoms with E-state index in [1.54, 1.807) is 6.07 Å². The number of hydrogen-bond donors (Lipinski definition) is 0. The van der Waals surface area contributed by atoms with Crippen molar-refractivity contribution in [3.8, 4) is 0 Å². The van der Waals surface area contributed by atoms with E-state index in [2.05, 4.69) is 4.98 Å². The molecule has 0 spiro atoms. The molecule has 1 rings (SSSR count). The maximum Gasteiger partial charge on any atom is 0.141 e. The molecule has 0 amide bonds. The Morgan fingerprint density at radius 2 is 2.30 bits per heavy atom. The van der Waals surface area contributed by atoms with E-state index in [0.717, 1.165) is 5.69 Å². The predicted octanol–water partition coefficient (Wildman–Crippen LogP) is 2.25. The Labute approximate surface area is 59.2 Å². The second kappa shape index (κ2) is 3.11. The maximum atomic E-state index is 12.2. The van der Waals surface area contributed by atoms with Gasteiger partial charge in [-0.2, -0.15) is 0 Å². The molecule has 0 atom stereocenters. The molecule has 52 valence electrons. The lowest BCUT2D eigenvalue weighted by Crippen LogP contribution is -1.80. The molecule has 0 bridgehead atoms. The van der Waals surface area contributed by atoms with Crippen molar-refractivity contribution in [3.63, 3.8) is 0 Å². The fraction of sp³-hybridized carbons (Fsp3) is 0.125. The van der Waals surface area contributed by atoms with Gasteiger partial charge in [-0.15, -0.1) is 0 Å². The Kier molecular flexibility index (Phi) is 2.15. The summed E-state index contributed by atoms with van der Waals surface area (Å²) in [4.78, 5) is 3.81. The number of aromatic nitrogens is 1. The smallest absolute Gasteiger partial charge is 0.141 e. The molecule has 0 saturated heterocycles. The van der Waals surface area contributed by atoms with Crippen LogP contribution in [0.4, 0.5) is 4.39 Å². The van der Waals surface area contributed by atoms with Gasteiger partial charge in [-0.3, -0.25) is 4.98 Å². The van der Waals surface area contributed by atoms with Crippen molar-refractivity contribution in [1.82, 2.24) is 4.98 Å². The number of hydrogen-bond acceptors (Lipinski definition) is 1. The standard InChI is InChI=1S/C8H8FN/c1-2-3-8-5-4-7(9)6-10-8/h2-6H,1H3. The van der Waals surface area contributed by atoms with Crippen LogP contribution in [-0.2, 0) is 0 Å². The van der Waals surface area contributed by atoms with Crippen LogP contribution in [0.1, 0.15) is 12.6 Å². The van der Waals surface area contributed by atoms with Crippen LogP contribution in [0.15, 0.2) is 24.4 Å². The van der Waals surface area contributed by atoms with E-state index in [1.165, 1.54) is 12.3 Å². The van der Waals surface area contributed by atoms with Crippen molar-refractivity contribution in [1.29, 1.82) is 0 Å². The van der Waals surface area contributed by atoms with Gasteiger partial charge in [0, 0.05) is 0 Å². The molecule has 0 aliphatic heterocycles. The lowest BCUT2D eigenvalue weighted by molar-refractivity contribution is 0.621. The summed E-state index contributed by atoms with van der Waals surface area (Å²) in [5.74, 6) is -0.298. The van der Waals surface area contributed by atoms with E-state index < -0.39 is 0 Å². The molecule has 0 N–H and O–H groups in total. The van der Waals surface area contributed by atoms with Crippen molar-refractivity contribution in [3.05, 3.63) is 35.9 Å². The monoisotopic (exact) mass is 137 g/mol. The Balaban J connectivity index is 2.89. The number of halogens is 1. The lowest BCUT2D eigenvalue weighted by atomic mass is 10.3. The first-order valence-corrected chi connectivity index (χ1v) is 3.07.